The number of Topliss-reactive ketones (excluding diaryl/α,β-unsaturated/α-hetero) is 1. The van der Waals surface area contributed by atoms with Crippen molar-refractivity contribution in [3.05, 3.63) is 93.8 Å². The van der Waals surface area contributed by atoms with Gasteiger partial charge in [-0.1, -0.05) is 61.5 Å². The van der Waals surface area contributed by atoms with Crippen molar-refractivity contribution in [3.8, 4) is 0 Å². The highest BCUT2D eigenvalue weighted by Crippen LogP contribution is 2.42. The predicted octanol–water partition coefficient (Wildman–Crippen LogP) is 5.00. The Labute approximate surface area is 184 Å². The number of ether oxygens (including phenoxy) is 1. The van der Waals surface area contributed by atoms with E-state index >= 15 is 0 Å². The van der Waals surface area contributed by atoms with Crippen molar-refractivity contribution in [1.82, 2.24) is 5.32 Å². The van der Waals surface area contributed by atoms with Gasteiger partial charge in [0, 0.05) is 35.7 Å². The molecule has 1 aliphatic carbocycles. The molecule has 0 bridgehead atoms. The Morgan fingerprint density at radius 3 is 2.48 bits per heavy atom. The standard InChI is InChI=1S/C27H29NO3/c1-3-19-12-14-21(15-13-19)25-24(18(2)28-22-10-7-11-23(29)26(22)25)27(30)31-17-16-20-8-5-4-6-9-20/h4-6,8-9,12-15,25,28H,3,7,10-11,16-17H2,1-2H3/t25-/m0/s1. The molecular formula is C27H29NO3. The summed E-state index contributed by atoms with van der Waals surface area (Å²) >= 11 is 0. The minimum atomic E-state index is -0.376. The molecule has 4 rings (SSSR count). The zero-order chi connectivity index (χ0) is 21.8. The molecule has 1 heterocycles. The molecule has 0 spiro atoms. The third kappa shape index (κ3) is 4.48. The predicted molar refractivity (Wildman–Crippen MR) is 121 cm³/mol. The molecule has 160 valence electrons. The number of rotatable bonds is 6. The van der Waals surface area contributed by atoms with Gasteiger partial charge < -0.3 is 10.1 Å². The van der Waals surface area contributed by atoms with Gasteiger partial charge >= 0.3 is 5.97 Å². The van der Waals surface area contributed by atoms with Gasteiger partial charge in [-0.25, -0.2) is 4.79 Å². The van der Waals surface area contributed by atoms with Crippen molar-refractivity contribution in [1.29, 1.82) is 0 Å². The summed E-state index contributed by atoms with van der Waals surface area (Å²) in [5.41, 5.74) is 6.34. The number of nitrogens with one attached hydrogen (secondary N) is 1. The molecule has 0 saturated carbocycles. The highest BCUT2D eigenvalue weighted by Gasteiger charge is 2.39. The second-order valence-electron chi connectivity index (χ2n) is 8.23. The highest BCUT2D eigenvalue weighted by molar-refractivity contribution is 6.03. The van der Waals surface area contributed by atoms with Crippen molar-refractivity contribution in [3.63, 3.8) is 0 Å². The van der Waals surface area contributed by atoms with E-state index in [4.69, 9.17) is 4.74 Å². The molecule has 1 N–H and O–H groups in total. The Bertz CT molecular complexity index is 1030. The first kappa shape index (κ1) is 21.1. The summed E-state index contributed by atoms with van der Waals surface area (Å²) in [7, 11) is 0. The molecule has 0 radical (unpaired) electrons. The monoisotopic (exact) mass is 415 g/mol. The van der Waals surface area contributed by atoms with E-state index in [1.165, 1.54) is 5.56 Å². The average Bonchev–Trinajstić information content (AvgIpc) is 2.79. The molecule has 2 aromatic carbocycles. The summed E-state index contributed by atoms with van der Waals surface area (Å²) in [6.07, 6.45) is 3.81. The first-order valence-corrected chi connectivity index (χ1v) is 11.1. The van der Waals surface area contributed by atoms with Crippen LogP contribution in [0.2, 0.25) is 0 Å². The Balaban J connectivity index is 1.63. The zero-order valence-electron chi connectivity index (χ0n) is 18.2. The first-order valence-electron chi connectivity index (χ1n) is 11.1. The van der Waals surface area contributed by atoms with Crippen molar-refractivity contribution in [2.45, 2.75) is 51.9 Å². The number of dihydropyridines is 1. The molecule has 2 aliphatic rings. The van der Waals surface area contributed by atoms with E-state index in [2.05, 4.69) is 24.4 Å². The second-order valence-corrected chi connectivity index (χ2v) is 8.23. The summed E-state index contributed by atoms with van der Waals surface area (Å²) in [4.78, 5) is 26.2. The lowest BCUT2D eigenvalue weighted by Gasteiger charge is -2.34. The SMILES string of the molecule is CCc1ccc([C@H]2C(C(=O)OCCc3ccccc3)=C(C)NC3=C2C(=O)CCC3)cc1. The quantitative estimate of drug-likeness (QED) is 0.675. The summed E-state index contributed by atoms with van der Waals surface area (Å²) in [5, 5.41) is 3.35. The van der Waals surface area contributed by atoms with Crippen molar-refractivity contribution < 1.29 is 14.3 Å². The maximum Gasteiger partial charge on any atom is 0.336 e. The van der Waals surface area contributed by atoms with Gasteiger partial charge in [-0.05, 0) is 42.9 Å². The number of esters is 1. The molecular weight excluding hydrogens is 386 g/mol. The summed E-state index contributed by atoms with van der Waals surface area (Å²) in [6, 6.07) is 18.2. The molecule has 0 aromatic heterocycles. The van der Waals surface area contributed by atoms with Crippen LogP contribution in [0.1, 0.15) is 55.7 Å². The van der Waals surface area contributed by atoms with Crippen LogP contribution < -0.4 is 5.32 Å². The van der Waals surface area contributed by atoms with E-state index in [9.17, 15) is 9.59 Å². The molecule has 31 heavy (non-hydrogen) atoms. The number of carbonyl (C=O) groups is 2. The number of benzene rings is 2. The molecule has 0 amide bonds. The van der Waals surface area contributed by atoms with E-state index in [0.29, 0.717) is 25.0 Å². The third-order valence-electron chi connectivity index (χ3n) is 6.18. The highest BCUT2D eigenvalue weighted by atomic mass is 16.5. The van der Waals surface area contributed by atoms with Crippen LogP contribution in [0.15, 0.2) is 77.1 Å². The number of hydrogen-bond donors (Lipinski definition) is 1. The van der Waals surface area contributed by atoms with Gasteiger partial charge in [0.2, 0.25) is 0 Å². The van der Waals surface area contributed by atoms with Gasteiger partial charge in [0.1, 0.15) is 0 Å². The molecule has 4 nitrogen and oxygen atoms in total. The van der Waals surface area contributed by atoms with Crippen LogP contribution in [0.4, 0.5) is 0 Å². The van der Waals surface area contributed by atoms with E-state index in [1.807, 2.05) is 49.4 Å². The van der Waals surface area contributed by atoms with Crippen LogP contribution in [0, 0.1) is 0 Å². The molecule has 0 saturated heterocycles. The van der Waals surface area contributed by atoms with Gasteiger partial charge in [0.05, 0.1) is 12.2 Å². The number of allylic oxidation sites excluding steroid dienone is 3. The van der Waals surface area contributed by atoms with E-state index in [1.54, 1.807) is 0 Å². The van der Waals surface area contributed by atoms with Crippen molar-refractivity contribution >= 4 is 11.8 Å². The van der Waals surface area contributed by atoms with Crippen LogP contribution in [-0.4, -0.2) is 18.4 Å². The molecule has 2 aromatic rings. The van der Waals surface area contributed by atoms with Crippen LogP contribution in [0.3, 0.4) is 0 Å². The largest absolute Gasteiger partial charge is 0.462 e. The number of carbonyl (C=O) groups excluding carboxylic acids is 2. The Hall–Kier alpha value is -3.14. The van der Waals surface area contributed by atoms with Crippen molar-refractivity contribution in [2.24, 2.45) is 0 Å². The Kier molecular flexibility index (Phi) is 6.36. The summed E-state index contributed by atoms with van der Waals surface area (Å²) in [6.45, 7) is 4.33. The molecule has 1 atom stereocenters. The van der Waals surface area contributed by atoms with Gasteiger partial charge in [-0.2, -0.15) is 0 Å². The van der Waals surface area contributed by atoms with E-state index in [0.717, 1.165) is 47.4 Å². The fourth-order valence-electron chi connectivity index (χ4n) is 4.52. The zero-order valence-corrected chi connectivity index (χ0v) is 18.2. The average molecular weight is 416 g/mol. The van der Waals surface area contributed by atoms with Crippen molar-refractivity contribution in [2.75, 3.05) is 6.61 Å². The first-order chi connectivity index (χ1) is 15.1. The van der Waals surface area contributed by atoms with Gasteiger partial charge in [0.15, 0.2) is 5.78 Å². The minimum absolute atomic E-state index is 0.125. The molecule has 0 unspecified atom stereocenters. The fourth-order valence-corrected chi connectivity index (χ4v) is 4.52. The van der Waals surface area contributed by atoms with Crippen LogP contribution in [0.25, 0.3) is 0 Å². The van der Waals surface area contributed by atoms with Crippen LogP contribution >= 0.6 is 0 Å². The van der Waals surface area contributed by atoms with Gasteiger partial charge in [0.25, 0.3) is 0 Å². The third-order valence-corrected chi connectivity index (χ3v) is 6.18. The lowest BCUT2D eigenvalue weighted by atomic mass is 9.75. The maximum absolute atomic E-state index is 13.2. The lowest BCUT2D eigenvalue weighted by Crippen LogP contribution is -2.34. The second kappa shape index (κ2) is 9.34. The Morgan fingerprint density at radius 1 is 1.03 bits per heavy atom. The van der Waals surface area contributed by atoms with Gasteiger partial charge in [-0.3, -0.25) is 4.79 Å². The van der Waals surface area contributed by atoms with Gasteiger partial charge in [-0.15, -0.1) is 0 Å². The number of hydrogen-bond acceptors (Lipinski definition) is 4. The van der Waals surface area contributed by atoms with Crippen LogP contribution in [-0.2, 0) is 27.2 Å². The summed E-state index contributed by atoms with van der Waals surface area (Å²) < 4.78 is 5.70. The van der Waals surface area contributed by atoms with E-state index in [-0.39, 0.29) is 17.7 Å². The summed E-state index contributed by atoms with van der Waals surface area (Å²) in [5.74, 6) is -0.602. The Morgan fingerprint density at radius 2 is 1.77 bits per heavy atom. The molecule has 1 aliphatic heterocycles. The number of aryl methyl sites for hydroxylation is 1. The number of ketones is 1. The van der Waals surface area contributed by atoms with E-state index < -0.39 is 0 Å². The minimum Gasteiger partial charge on any atom is -0.462 e. The molecule has 4 heteroatoms. The fraction of sp³-hybridized carbons (Fsp3) is 0.333. The lowest BCUT2D eigenvalue weighted by molar-refractivity contribution is -0.139. The van der Waals surface area contributed by atoms with Crippen LogP contribution in [0.5, 0.6) is 0 Å². The molecule has 0 fully saturated rings. The topological polar surface area (TPSA) is 55.4 Å². The smallest absolute Gasteiger partial charge is 0.336 e. The maximum atomic E-state index is 13.2. The normalized spacial score (nSPS) is 18.5.